The van der Waals surface area contributed by atoms with Gasteiger partial charge in [0.25, 0.3) is 0 Å². The zero-order chi connectivity index (χ0) is 19.9. The lowest BCUT2D eigenvalue weighted by molar-refractivity contribution is -0.120. The molecule has 2 rings (SSSR count). The quantitative estimate of drug-likeness (QED) is 0.790. The fraction of sp³-hybridized carbons (Fsp3) is 0.364. The highest BCUT2D eigenvalue weighted by Gasteiger charge is 2.20. The molecule has 0 radical (unpaired) electrons. The summed E-state index contributed by atoms with van der Waals surface area (Å²) in [5.74, 6) is 2.12. The van der Waals surface area contributed by atoms with Crippen LogP contribution in [-0.4, -0.2) is 19.6 Å². The lowest BCUT2D eigenvalue weighted by Crippen LogP contribution is -2.24. The molecule has 0 fully saturated rings. The van der Waals surface area contributed by atoms with Crippen LogP contribution >= 0.6 is 0 Å². The lowest BCUT2D eigenvalue weighted by atomic mass is 9.86. The molecule has 0 heterocycles. The minimum Gasteiger partial charge on any atom is -0.497 e. The average Bonchev–Trinajstić information content (AvgIpc) is 2.63. The van der Waals surface area contributed by atoms with Gasteiger partial charge in [0.2, 0.25) is 5.91 Å². The second-order valence-corrected chi connectivity index (χ2v) is 7.29. The van der Waals surface area contributed by atoms with Gasteiger partial charge in [0.15, 0.2) is 0 Å². The predicted molar refractivity (Wildman–Crippen MR) is 105 cm³/mol. The van der Waals surface area contributed by atoms with Crippen LogP contribution in [0.3, 0.4) is 0 Å². The van der Waals surface area contributed by atoms with Crippen molar-refractivity contribution in [1.29, 1.82) is 5.26 Å². The molecule has 1 amide bonds. The van der Waals surface area contributed by atoms with E-state index in [4.69, 9.17) is 14.7 Å². The Morgan fingerprint density at radius 1 is 1.11 bits per heavy atom. The number of carbonyl (C=O) groups excluding carboxylic acids is 1. The lowest BCUT2D eigenvalue weighted by Gasteiger charge is -2.23. The maximum atomic E-state index is 11.3. The minimum absolute atomic E-state index is 0.0779. The summed E-state index contributed by atoms with van der Waals surface area (Å²) in [7, 11) is 1.66. The van der Waals surface area contributed by atoms with Gasteiger partial charge in [0, 0.05) is 12.1 Å². The summed E-state index contributed by atoms with van der Waals surface area (Å²) in [4.78, 5) is 11.3. The van der Waals surface area contributed by atoms with Crippen molar-refractivity contribution in [3.05, 3.63) is 53.6 Å². The number of hydrogen-bond donors (Lipinski definition) is 1. The van der Waals surface area contributed by atoms with Crippen LogP contribution in [0, 0.1) is 11.3 Å². The Bertz CT molecular complexity index is 815. The molecule has 27 heavy (non-hydrogen) atoms. The van der Waals surface area contributed by atoms with Crippen molar-refractivity contribution in [2.45, 2.75) is 39.0 Å². The summed E-state index contributed by atoms with van der Waals surface area (Å²) in [6, 6.07) is 15.5. The van der Waals surface area contributed by atoms with Gasteiger partial charge < -0.3 is 14.8 Å². The van der Waals surface area contributed by atoms with Crippen molar-refractivity contribution < 1.29 is 14.3 Å². The third-order valence-corrected chi connectivity index (χ3v) is 4.12. The molecule has 5 nitrogen and oxygen atoms in total. The SMILES string of the molecule is COc1ccc(Oc2ccc(CCNC(=O)CC#N)cc2)c(C(C)(C)C)c1. The second kappa shape index (κ2) is 9.09. The second-order valence-electron chi connectivity index (χ2n) is 7.29. The third kappa shape index (κ3) is 6.03. The molecule has 0 saturated heterocycles. The highest BCUT2D eigenvalue weighted by Crippen LogP contribution is 2.36. The van der Waals surface area contributed by atoms with E-state index in [-0.39, 0.29) is 17.7 Å². The highest BCUT2D eigenvalue weighted by atomic mass is 16.5. The number of nitrogens with one attached hydrogen (secondary N) is 1. The monoisotopic (exact) mass is 366 g/mol. The van der Waals surface area contributed by atoms with Gasteiger partial charge >= 0.3 is 0 Å². The molecule has 0 bridgehead atoms. The van der Waals surface area contributed by atoms with Gasteiger partial charge in [-0.25, -0.2) is 0 Å². The van der Waals surface area contributed by atoms with Crippen molar-refractivity contribution in [3.8, 4) is 23.3 Å². The molecule has 0 aliphatic rings. The van der Waals surface area contributed by atoms with Gasteiger partial charge in [-0.1, -0.05) is 32.9 Å². The topological polar surface area (TPSA) is 71.3 Å². The molecule has 0 aliphatic heterocycles. The Labute approximate surface area is 160 Å². The first-order valence-electron chi connectivity index (χ1n) is 8.92. The molecule has 0 aromatic heterocycles. The predicted octanol–water partition coefficient (Wildman–Crippen LogP) is 4.36. The van der Waals surface area contributed by atoms with E-state index in [1.165, 1.54) is 0 Å². The van der Waals surface area contributed by atoms with E-state index in [1.807, 2.05) is 48.5 Å². The largest absolute Gasteiger partial charge is 0.497 e. The Morgan fingerprint density at radius 2 is 1.78 bits per heavy atom. The summed E-state index contributed by atoms with van der Waals surface area (Å²) in [5.41, 5.74) is 2.09. The summed E-state index contributed by atoms with van der Waals surface area (Å²) in [5, 5.41) is 11.2. The fourth-order valence-electron chi connectivity index (χ4n) is 2.64. The average molecular weight is 366 g/mol. The molecular formula is C22H26N2O3. The highest BCUT2D eigenvalue weighted by molar-refractivity contribution is 5.77. The van der Waals surface area contributed by atoms with Gasteiger partial charge in [-0.15, -0.1) is 0 Å². The number of hydrogen-bond acceptors (Lipinski definition) is 4. The minimum atomic E-state index is -0.244. The van der Waals surface area contributed by atoms with Crippen LogP contribution in [0.25, 0.3) is 0 Å². The van der Waals surface area contributed by atoms with E-state index in [1.54, 1.807) is 7.11 Å². The third-order valence-electron chi connectivity index (χ3n) is 4.12. The summed E-state index contributed by atoms with van der Waals surface area (Å²) in [6.45, 7) is 6.92. The maximum absolute atomic E-state index is 11.3. The fourth-order valence-corrected chi connectivity index (χ4v) is 2.64. The summed E-state index contributed by atoms with van der Waals surface area (Å²) in [6.07, 6.45) is 0.595. The van der Waals surface area contributed by atoms with Crippen LogP contribution in [0.2, 0.25) is 0 Å². The molecule has 0 saturated carbocycles. The molecule has 0 aliphatic carbocycles. The van der Waals surface area contributed by atoms with Crippen LogP contribution in [0.1, 0.15) is 38.3 Å². The van der Waals surface area contributed by atoms with Gasteiger partial charge in [-0.2, -0.15) is 5.26 Å². The molecule has 2 aromatic carbocycles. The Balaban J connectivity index is 2.04. The van der Waals surface area contributed by atoms with Crippen LogP contribution in [0.5, 0.6) is 17.2 Å². The normalized spacial score (nSPS) is 10.8. The Morgan fingerprint density at radius 3 is 2.37 bits per heavy atom. The van der Waals surface area contributed by atoms with Crippen LogP contribution in [0.15, 0.2) is 42.5 Å². The molecule has 0 unspecified atom stereocenters. The van der Waals surface area contributed by atoms with Crippen molar-refractivity contribution in [1.82, 2.24) is 5.32 Å². The van der Waals surface area contributed by atoms with Crippen LogP contribution in [0.4, 0.5) is 0 Å². The molecule has 142 valence electrons. The molecule has 1 N–H and O–H groups in total. The Hall–Kier alpha value is -3.00. The van der Waals surface area contributed by atoms with Crippen LogP contribution < -0.4 is 14.8 Å². The first-order valence-corrected chi connectivity index (χ1v) is 8.92. The van der Waals surface area contributed by atoms with Gasteiger partial charge in [-0.3, -0.25) is 4.79 Å². The maximum Gasteiger partial charge on any atom is 0.234 e. The van der Waals surface area contributed by atoms with E-state index < -0.39 is 0 Å². The number of rotatable bonds is 7. The standard InChI is InChI=1S/C22H26N2O3/c1-22(2,3)19-15-18(26-4)9-10-20(19)27-17-7-5-16(6-8-17)12-14-24-21(25)11-13-23/h5-10,15H,11-12,14H2,1-4H3,(H,24,25). The smallest absolute Gasteiger partial charge is 0.234 e. The first kappa shape index (κ1) is 20.3. The van der Waals surface area contributed by atoms with E-state index >= 15 is 0 Å². The van der Waals surface area contributed by atoms with Crippen molar-refractivity contribution in [3.63, 3.8) is 0 Å². The first-order chi connectivity index (χ1) is 12.8. The summed E-state index contributed by atoms with van der Waals surface area (Å²) >= 11 is 0. The van der Waals surface area contributed by atoms with Crippen molar-refractivity contribution in [2.24, 2.45) is 0 Å². The molecule has 0 atom stereocenters. The van der Waals surface area contributed by atoms with E-state index in [0.717, 1.165) is 28.4 Å². The van der Waals surface area contributed by atoms with Gasteiger partial charge in [-0.05, 0) is 47.7 Å². The molecular weight excluding hydrogens is 340 g/mol. The number of carbonyl (C=O) groups is 1. The number of amides is 1. The number of nitriles is 1. The van der Waals surface area contributed by atoms with Gasteiger partial charge in [0.1, 0.15) is 23.7 Å². The van der Waals surface area contributed by atoms with Crippen molar-refractivity contribution in [2.75, 3.05) is 13.7 Å². The van der Waals surface area contributed by atoms with Crippen LogP contribution in [-0.2, 0) is 16.6 Å². The molecule has 5 heteroatoms. The number of ether oxygens (including phenoxy) is 2. The van der Waals surface area contributed by atoms with Crippen molar-refractivity contribution >= 4 is 5.91 Å². The van der Waals surface area contributed by atoms with Gasteiger partial charge in [0.05, 0.1) is 13.2 Å². The molecule has 2 aromatic rings. The van der Waals surface area contributed by atoms with E-state index in [9.17, 15) is 4.79 Å². The zero-order valence-corrected chi connectivity index (χ0v) is 16.3. The number of nitrogens with zero attached hydrogens (tertiary/aromatic N) is 1. The zero-order valence-electron chi connectivity index (χ0n) is 16.3. The van der Waals surface area contributed by atoms with E-state index in [0.29, 0.717) is 13.0 Å². The van der Waals surface area contributed by atoms with E-state index in [2.05, 4.69) is 26.1 Å². The Kier molecular flexibility index (Phi) is 6.84. The number of methoxy groups -OCH3 is 1. The summed E-state index contributed by atoms with van der Waals surface area (Å²) < 4.78 is 11.4. The number of benzene rings is 2. The molecule has 0 spiro atoms.